The third-order valence-corrected chi connectivity index (χ3v) is 5.09. The first-order valence-corrected chi connectivity index (χ1v) is 8.83. The lowest BCUT2D eigenvalue weighted by Gasteiger charge is -2.39. The standard InChI is InChI=1S/C14H20N6O2S/c1-18-8-9-20(10-11(18)13-17-6-7-19(13)2)14-12(23(15,21)22)4-3-5-16-14/h3-7,11H,8-10H2,1-2H3,(H2,15,21,22). The number of nitrogens with zero attached hydrogens (tertiary/aromatic N) is 5. The summed E-state index contributed by atoms with van der Waals surface area (Å²) in [4.78, 5) is 12.9. The smallest absolute Gasteiger partial charge is 0.241 e. The van der Waals surface area contributed by atoms with E-state index in [1.165, 1.54) is 6.07 Å². The number of primary sulfonamides is 1. The number of anilines is 1. The molecule has 1 fully saturated rings. The van der Waals surface area contributed by atoms with Gasteiger partial charge in [0.25, 0.3) is 0 Å². The molecule has 3 rings (SSSR count). The lowest BCUT2D eigenvalue weighted by Crippen LogP contribution is -2.48. The number of aromatic nitrogens is 3. The van der Waals surface area contributed by atoms with Crippen molar-refractivity contribution >= 4 is 15.8 Å². The topological polar surface area (TPSA) is 97.3 Å². The molecular formula is C14H20N6O2S. The van der Waals surface area contributed by atoms with Crippen molar-refractivity contribution in [3.8, 4) is 0 Å². The summed E-state index contributed by atoms with van der Waals surface area (Å²) >= 11 is 0. The second-order valence-electron chi connectivity index (χ2n) is 5.71. The Morgan fingerprint density at radius 2 is 2.00 bits per heavy atom. The van der Waals surface area contributed by atoms with Crippen LogP contribution in [0.4, 0.5) is 5.82 Å². The molecule has 0 aromatic carbocycles. The first-order chi connectivity index (χ1) is 10.9. The Morgan fingerprint density at radius 1 is 1.22 bits per heavy atom. The molecule has 2 aromatic heterocycles. The summed E-state index contributed by atoms with van der Waals surface area (Å²) in [5.41, 5.74) is 0. The van der Waals surface area contributed by atoms with Gasteiger partial charge in [0, 0.05) is 45.3 Å². The maximum atomic E-state index is 11.8. The van der Waals surface area contributed by atoms with Gasteiger partial charge in [-0.3, -0.25) is 4.90 Å². The molecule has 1 saturated heterocycles. The zero-order chi connectivity index (χ0) is 16.6. The fraction of sp³-hybridized carbons (Fsp3) is 0.429. The Bertz CT molecular complexity index is 803. The molecule has 1 atom stereocenters. The lowest BCUT2D eigenvalue weighted by molar-refractivity contribution is 0.208. The third-order valence-electron chi connectivity index (χ3n) is 4.16. The fourth-order valence-electron chi connectivity index (χ4n) is 2.88. The van der Waals surface area contributed by atoms with Crippen LogP contribution in [0.25, 0.3) is 0 Å². The third kappa shape index (κ3) is 3.07. The molecule has 9 heteroatoms. The highest BCUT2D eigenvalue weighted by atomic mass is 32.2. The van der Waals surface area contributed by atoms with E-state index < -0.39 is 10.0 Å². The summed E-state index contributed by atoms with van der Waals surface area (Å²) in [5, 5.41) is 5.32. The summed E-state index contributed by atoms with van der Waals surface area (Å²) in [7, 11) is 0.173. The number of nitrogens with two attached hydrogens (primary N) is 1. The van der Waals surface area contributed by atoms with Crippen molar-refractivity contribution in [3.05, 3.63) is 36.5 Å². The van der Waals surface area contributed by atoms with E-state index in [1.807, 2.05) is 29.8 Å². The highest BCUT2D eigenvalue weighted by Gasteiger charge is 2.31. The summed E-state index contributed by atoms with van der Waals surface area (Å²) in [5.74, 6) is 1.34. The summed E-state index contributed by atoms with van der Waals surface area (Å²) in [6, 6.07) is 3.13. The Balaban J connectivity index is 1.95. The van der Waals surface area contributed by atoms with Crippen molar-refractivity contribution in [1.29, 1.82) is 0 Å². The van der Waals surface area contributed by atoms with Gasteiger partial charge in [-0.1, -0.05) is 0 Å². The summed E-state index contributed by atoms with van der Waals surface area (Å²) in [6.45, 7) is 2.05. The van der Waals surface area contributed by atoms with E-state index in [4.69, 9.17) is 5.14 Å². The number of imidazole rings is 1. The van der Waals surface area contributed by atoms with Crippen LogP contribution >= 0.6 is 0 Å². The van der Waals surface area contributed by atoms with Crippen LogP contribution in [0.3, 0.4) is 0 Å². The molecule has 2 aromatic rings. The molecule has 3 heterocycles. The lowest BCUT2D eigenvalue weighted by atomic mass is 10.1. The normalized spacial score (nSPS) is 20.0. The van der Waals surface area contributed by atoms with Crippen molar-refractivity contribution in [2.75, 3.05) is 31.6 Å². The van der Waals surface area contributed by atoms with Crippen molar-refractivity contribution < 1.29 is 8.42 Å². The monoisotopic (exact) mass is 336 g/mol. The molecule has 0 radical (unpaired) electrons. The van der Waals surface area contributed by atoms with E-state index in [0.717, 1.165) is 12.4 Å². The maximum Gasteiger partial charge on any atom is 0.241 e. The first-order valence-electron chi connectivity index (χ1n) is 7.28. The highest BCUT2D eigenvalue weighted by molar-refractivity contribution is 7.89. The Hall–Kier alpha value is -1.97. The van der Waals surface area contributed by atoms with Crippen LogP contribution in [0, 0.1) is 0 Å². The van der Waals surface area contributed by atoms with Gasteiger partial charge in [0.1, 0.15) is 16.5 Å². The van der Waals surface area contributed by atoms with Gasteiger partial charge in [0.05, 0.1) is 6.04 Å². The Kier molecular flexibility index (Phi) is 4.09. The second-order valence-corrected chi connectivity index (χ2v) is 7.24. The van der Waals surface area contributed by atoms with Crippen LogP contribution in [-0.2, 0) is 17.1 Å². The molecule has 0 bridgehead atoms. The molecule has 1 unspecified atom stereocenters. The molecule has 0 aliphatic carbocycles. The summed E-state index contributed by atoms with van der Waals surface area (Å²) < 4.78 is 25.6. The predicted molar refractivity (Wildman–Crippen MR) is 86.4 cm³/mol. The predicted octanol–water partition coefficient (Wildman–Crippen LogP) is -0.0444. The van der Waals surface area contributed by atoms with Crippen molar-refractivity contribution in [1.82, 2.24) is 19.4 Å². The average Bonchev–Trinajstić information content (AvgIpc) is 2.93. The number of sulfonamides is 1. The zero-order valence-corrected chi connectivity index (χ0v) is 13.9. The number of pyridine rings is 1. The zero-order valence-electron chi connectivity index (χ0n) is 13.1. The number of hydrogen-bond acceptors (Lipinski definition) is 6. The van der Waals surface area contributed by atoms with Crippen LogP contribution in [0.15, 0.2) is 35.6 Å². The van der Waals surface area contributed by atoms with Crippen LogP contribution < -0.4 is 10.0 Å². The molecule has 8 nitrogen and oxygen atoms in total. The SMILES string of the molecule is CN1CCN(c2ncccc2S(N)(=O)=O)CC1c1nccn1C. The quantitative estimate of drug-likeness (QED) is 0.844. The van der Waals surface area contributed by atoms with E-state index in [2.05, 4.69) is 14.9 Å². The van der Waals surface area contributed by atoms with Crippen molar-refractivity contribution in [2.24, 2.45) is 12.2 Å². The van der Waals surface area contributed by atoms with E-state index in [1.54, 1.807) is 18.5 Å². The Labute approximate surface area is 135 Å². The largest absolute Gasteiger partial charge is 0.352 e. The average molecular weight is 336 g/mol. The minimum absolute atomic E-state index is 0.0547. The molecular weight excluding hydrogens is 316 g/mol. The van der Waals surface area contributed by atoms with Gasteiger partial charge in [-0.15, -0.1) is 0 Å². The van der Waals surface area contributed by atoms with Crippen LogP contribution in [0.2, 0.25) is 0 Å². The minimum Gasteiger partial charge on any atom is -0.352 e. The van der Waals surface area contributed by atoms with Gasteiger partial charge in [-0.05, 0) is 19.2 Å². The van der Waals surface area contributed by atoms with Crippen LogP contribution in [0.1, 0.15) is 11.9 Å². The molecule has 2 N–H and O–H groups in total. The van der Waals surface area contributed by atoms with Gasteiger partial charge in [0.2, 0.25) is 10.0 Å². The van der Waals surface area contributed by atoms with Crippen LogP contribution in [-0.4, -0.2) is 54.5 Å². The highest BCUT2D eigenvalue weighted by Crippen LogP contribution is 2.28. The van der Waals surface area contributed by atoms with Gasteiger partial charge in [0.15, 0.2) is 0 Å². The van der Waals surface area contributed by atoms with Crippen molar-refractivity contribution in [3.63, 3.8) is 0 Å². The number of likely N-dealkylation sites (N-methyl/N-ethyl adjacent to an activating group) is 1. The second kappa shape index (κ2) is 5.91. The van der Waals surface area contributed by atoms with E-state index in [-0.39, 0.29) is 10.9 Å². The number of hydrogen-bond donors (Lipinski definition) is 1. The summed E-state index contributed by atoms with van der Waals surface area (Å²) in [6.07, 6.45) is 5.25. The molecule has 23 heavy (non-hydrogen) atoms. The molecule has 124 valence electrons. The minimum atomic E-state index is -3.81. The van der Waals surface area contributed by atoms with Crippen molar-refractivity contribution in [2.45, 2.75) is 10.9 Å². The number of aryl methyl sites for hydroxylation is 1. The van der Waals surface area contributed by atoms with Gasteiger partial charge >= 0.3 is 0 Å². The van der Waals surface area contributed by atoms with E-state index in [0.29, 0.717) is 18.9 Å². The van der Waals surface area contributed by atoms with Gasteiger partial charge in [-0.2, -0.15) is 0 Å². The molecule has 0 saturated carbocycles. The molecule has 1 aliphatic rings. The van der Waals surface area contributed by atoms with Crippen LogP contribution in [0.5, 0.6) is 0 Å². The maximum absolute atomic E-state index is 11.8. The number of rotatable bonds is 3. The van der Waals surface area contributed by atoms with Gasteiger partial charge < -0.3 is 9.47 Å². The molecule has 0 amide bonds. The van der Waals surface area contributed by atoms with E-state index in [9.17, 15) is 8.42 Å². The molecule has 0 spiro atoms. The fourth-order valence-corrected chi connectivity index (χ4v) is 3.59. The Morgan fingerprint density at radius 3 is 2.65 bits per heavy atom. The number of piperazine rings is 1. The van der Waals surface area contributed by atoms with Gasteiger partial charge in [-0.25, -0.2) is 23.5 Å². The molecule has 1 aliphatic heterocycles. The van der Waals surface area contributed by atoms with E-state index >= 15 is 0 Å². The first kappa shape index (κ1) is 15.9.